The van der Waals surface area contributed by atoms with Crippen molar-refractivity contribution in [2.45, 2.75) is 40.0 Å². The summed E-state index contributed by atoms with van der Waals surface area (Å²) >= 11 is 0. The van der Waals surface area contributed by atoms with Crippen LogP contribution < -0.4 is 0 Å². The van der Waals surface area contributed by atoms with E-state index in [-0.39, 0.29) is 11.2 Å². The van der Waals surface area contributed by atoms with E-state index in [1.54, 1.807) is 6.92 Å². The third-order valence-electron chi connectivity index (χ3n) is 3.06. The largest absolute Gasteiger partial charge is 0.299 e. The van der Waals surface area contributed by atoms with E-state index >= 15 is 0 Å². The number of ketones is 1. The lowest BCUT2D eigenvalue weighted by Gasteiger charge is -2.20. The van der Waals surface area contributed by atoms with E-state index in [4.69, 9.17) is 0 Å². The molecule has 0 bridgehead atoms. The molecule has 0 spiro atoms. The maximum Gasteiger partial charge on any atom is 0.135 e. The Balaban J connectivity index is 2.37. The van der Waals surface area contributed by atoms with Crippen LogP contribution in [0.2, 0.25) is 0 Å². The van der Waals surface area contributed by atoms with E-state index in [2.05, 4.69) is 24.3 Å². The third kappa shape index (κ3) is 3.86. The Hall–Kier alpha value is -1.11. The fraction of sp³-hybridized carbons (Fsp3) is 0.500. The highest BCUT2D eigenvalue weighted by Crippen LogP contribution is 2.24. The number of carbonyl (C=O) groups excluding carboxylic acids is 1. The molecule has 1 aromatic carbocycles. The van der Waals surface area contributed by atoms with Crippen molar-refractivity contribution in [2.24, 2.45) is 5.41 Å². The summed E-state index contributed by atoms with van der Waals surface area (Å²) in [6.45, 7) is 5.74. The number of carbonyl (C=O) groups is 1. The predicted molar refractivity (Wildman–Crippen MR) is 63.8 cm³/mol. The monoisotopic (exact) mass is 204 g/mol. The maximum atomic E-state index is 11.3. The van der Waals surface area contributed by atoms with Gasteiger partial charge in [0.05, 0.1) is 0 Å². The number of Topliss-reactive ketones (excluding diaryl/α,β-unsaturated/α-hetero) is 1. The van der Waals surface area contributed by atoms with Crippen LogP contribution in [0.4, 0.5) is 0 Å². The second-order valence-corrected chi connectivity index (χ2v) is 4.78. The average Bonchev–Trinajstić information content (AvgIpc) is 2.19. The molecule has 0 aliphatic heterocycles. The second kappa shape index (κ2) is 5.11. The molecule has 1 rings (SSSR count). The smallest absolute Gasteiger partial charge is 0.135 e. The summed E-state index contributed by atoms with van der Waals surface area (Å²) in [6, 6.07) is 10.4. The number of aryl methyl sites for hydroxylation is 1. The molecule has 82 valence electrons. The molecule has 15 heavy (non-hydrogen) atoms. The quantitative estimate of drug-likeness (QED) is 0.716. The van der Waals surface area contributed by atoms with Crippen LogP contribution in [0.15, 0.2) is 30.3 Å². The van der Waals surface area contributed by atoms with Crippen molar-refractivity contribution in [1.82, 2.24) is 0 Å². The van der Waals surface area contributed by atoms with Crippen LogP contribution in [0.1, 0.15) is 39.2 Å². The first-order valence-electron chi connectivity index (χ1n) is 5.57. The maximum absolute atomic E-state index is 11.3. The number of rotatable bonds is 5. The zero-order valence-corrected chi connectivity index (χ0v) is 9.92. The Morgan fingerprint density at radius 2 is 1.80 bits per heavy atom. The summed E-state index contributed by atoms with van der Waals surface area (Å²) in [5, 5.41) is 0. The van der Waals surface area contributed by atoms with Crippen molar-refractivity contribution in [3.05, 3.63) is 35.9 Å². The molecule has 1 nitrogen and oxygen atoms in total. The van der Waals surface area contributed by atoms with Gasteiger partial charge in [0.1, 0.15) is 5.78 Å². The van der Waals surface area contributed by atoms with Gasteiger partial charge in [0.25, 0.3) is 0 Å². The first kappa shape index (κ1) is 12.0. The van der Waals surface area contributed by atoms with Gasteiger partial charge < -0.3 is 0 Å². The van der Waals surface area contributed by atoms with Crippen molar-refractivity contribution in [3.8, 4) is 0 Å². The summed E-state index contributed by atoms with van der Waals surface area (Å²) in [6.07, 6.45) is 3.12. The van der Waals surface area contributed by atoms with Crippen molar-refractivity contribution in [2.75, 3.05) is 0 Å². The lowest BCUT2D eigenvalue weighted by molar-refractivity contribution is -0.125. The van der Waals surface area contributed by atoms with Gasteiger partial charge in [0.2, 0.25) is 0 Å². The number of benzene rings is 1. The van der Waals surface area contributed by atoms with Crippen LogP contribution in [-0.4, -0.2) is 5.78 Å². The van der Waals surface area contributed by atoms with Crippen LogP contribution in [0, 0.1) is 5.41 Å². The molecule has 1 aromatic rings. The fourth-order valence-electron chi connectivity index (χ4n) is 1.56. The summed E-state index contributed by atoms with van der Waals surface area (Å²) in [4.78, 5) is 11.3. The van der Waals surface area contributed by atoms with Crippen LogP contribution >= 0.6 is 0 Å². The molecule has 0 aliphatic carbocycles. The Labute approximate surface area is 92.5 Å². The highest BCUT2D eigenvalue weighted by molar-refractivity contribution is 5.81. The lowest BCUT2D eigenvalue weighted by atomic mass is 9.83. The van der Waals surface area contributed by atoms with Crippen molar-refractivity contribution in [3.63, 3.8) is 0 Å². The lowest BCUT2D eigenvalue weighted by Crippen LogP contribution is -2.21. The first-order chi connectivity index (χ1) is 7.02. The van der Waals surface area contributed by atoms with Crippen molar-refractivity contribution >= 4 is 5.78 Å². The normalized spacial score (nSPS) is 11.4. The minimum atomic E-state index is -0.158. The summed E-state index contributed by atoms with van der Waals surface area (Å²) in [5.41, 5.74) is 1.20. The summed E-state index contributed by atoms with van der Waals surface area (Å²) in [5.74, 6) is 0.288. The molecule has 1 heteroatoms. The molecule has 0 saturated carbocycles. The predicted octanol–water partition coefficient (Wildman–Crippen LogP) is 3.62. The van der Waals surface area contributed by atoms with Crippen LogP contribution in [-0.2, 0) is 11.2 Å². The van der Waals surface area contributed by atoms with E-state index < -0.39 is 0 Å². The standard InChI is InChI=1S/C14H20O/c1-12(15)14(2,3)11-7-10-13-8-5-4-6-9-13/h4-6,8-9H,7,10-11H2,1-3H3. The number of hydrogen-bond acceptors (Lipinski definition) is 1. The van der Waals surface area contributed by atoms with Gasteiger partial charge in [0.15, 0.2) is 0 Å². The third-order valence-corrected chi connectivity index (χ3v) is 3.06. The molecule has 0 amide bonds. The molecule has 0 radical (unpaired) electrons. The van der Waals surface area contributed by atoms with Gasteiger partial charge in [-0.05, 0) is 31.7 Å². The number of hydrogen-bond donors (Lipinski definition) is 0. The highest BCUT2D eigenvalue weighted by atomic mass is 16.1. The Morgan fingerprint density at radius 3 is 2.33 bits per heavy atom. The topological polar surface area (TPSA) is 17.1 Å². The van der Waals surface area contributed by atoms with Crippen LogP contribution in [0.5, 0.6) is 0 Å². The van der Waals surface area contributed by atoms with Gasteiger partial charge in [-0.15, -0.1) is 0 Å². The van der Waals surface area contributed by atoms with Gasteiger partial charge in [-0.1, -0.05) is 44.2 Å². The molecule has 0 aromatic heterocycles. The van der Waals surface area contributed by atoms with Gasteiger partial charge in [0, 0.05) is 5.41 Å². The van der Waals surface area contributed by atoms with E-state index in [9.17, 15) is 4.79 Å². The van der Waals surface area contributed by atoms with Crippen molar-refractivity contribution in [1.29, 1.82) is 0 Å². The Kier molecular flexibility index (Phi) is 4.07. The van der Waals surface area contributed by atoms with Gasteiger partial charge >= 0.3 is 0 Å². The van der Waals surface area contributed by atoms with Gasteiger partial charge in [-0.2, -0.15) is 0 Å². The minimum absolute atomic E-state index is 0.158. The second-order valence-electron chi connectivity index (χ2n) is 4.78. The van der Waals surface area contributed by atoms with E-state index in [1.807, 2.05) is 19.9 Å². The van der Waals surface area contributed by atoms with Crippen molar-refractivity contribution < 1.29 is 4.79 Å². The van der Waals surface area contributed by atoms with E-state index in [0.717, 1.165) is 19.3 Å². The van der Waals surface area contributed by atoms with Gasteiger partial charge in [-0.25, -0.2) is 0 Å². The average molecular weight is 204 g/mol. The summed E-state index contributed by atoms with van der Waals surface area (Å²) in [7, 11) is 0. The highest BCUT2D eigenvalue weighted by Gasteiger charge is 2.22. The Bertz CT molecular complexity index is 311. The Morgan fingerprint density at radius 1 is 1.20 bits per heavy atom. The fourth-order valence-corrected chi connectivity index (χ4v) is 1.56. The molecule has 0 aliphatic rings. The molecule has 0 N–H and O–H groups in total. The molecule has 0 unspecified atom stereocenters. The van der Waals surface area contributed by atoms with Gasteiger partial charge in [-0.3, -0.25) is 4.79 Å². The molecule has 0 saturated heterocycles. The molecule has 0 fully saturated rings. The SMILES string of the molecule is CC(=O)C(C)(C)CCCc1ccccc1. The van der Waals surface area contributed by atoms with E-state index in [1.165, 1.54) is 5.56 Å². The summed E-state index contributed by atoms with van der Waals surface area (Å²) < 4.78 is 0. The first-order valence-corrected chi connectivity index (χ1v) is 5.57. The molecular weight excluding hydrogens is 184 g/mol. The molecular formula is C14H20O. The molecule has 0 heterocycles. The minimum Gasteiger partial charge on any atom is -0.299 e. The van der Waals surface area contributed by atoms with Crippen LogP contribution in [0.25, 0.3) is 0 Å². The van der Waals surface area contributed by atoms with Crippen LogP contribution in [0.3, 0.4) is 0 Å². The molecule has 0 atom stereocenters. The zero-order valence-electron chi connectivity index (χ0n) is 9.92. The van der Waals surface area contributed by atoms with E-state index in [0.29, 0.717) is 0 Å². The zero-order chi connectivity index (χ0) is 11.3.